The van der Waals surface area contributed by atoms with Crippen LogP contribution in [0.4, 0.5) is 0 Å². The summed E-state index contributed by atoms with van der Waals surface area (Å²) in [6, 6.07) is 10.3. The molecule has 0 aliphatic carbocycles. The number of aliphatic hydroxyl groups excluding tert-OH is 1. The summed E-state index contributed by atoms with van der Waals surface area (Å²) in [6.45, 7) is 1.86. The number of para-hydroxylation sites is 1. The second-order valence-electron chi connectivity index (χ2n) is 5.71. The maximum Gasteiger partial charge on any atom is 0.214 e. The fraction of sp³-hybridized carbons (Fsp3) is 0.471. The molecular weight excluding hydrogens is 264 g/mol. The lowest BCUT2D eigenvalue weighted by atomic mass is 10.1. The van der Waals surface area contributed by atoms with E-state index in [1.165, 1.54) is 19.4 Å². The molecule has 4 heteroatoms. The molecule has 1 saturated heterocycles. The normalized spacial score (nSPS) is 19.2. The van der Waals surface area contributed by atoms with Gasteiger partial charge in [-0.2, -0.15) is 0 Å². The monoisotopic (exact) mass is 286 g/mol. The third-order valence-corrected chi connectivity index (χ3v) is 4.32. The van der Waals surface area contributed by atoms with Crippen molar-refractivity contribution in [2.24, 2.45) is 0 Å². The van der Waals surface area contributed by atoms with Crippen molar-refractivity contribution in [1.29, 1.82) is 0 Å². The first-order valence-electron chi connectivity index (χ1n) is 7.60. The fourth-order valence-electron chi connectivity index (χ4n) is 3.07. The molecule has 0 spiro atoms. The van der Waals surface area contributed by atoms with Gasteiger partial charge in [-0.25, -0.2) is 4.98 Å². The summed E-state index contributed by atoms with van der Waals surface area (Å²) in [5, 5.41) is 10.5. The second kappa shape index (κ2) is 6.41. The maximum absolute atomic E-state index is 9.50. The molecule has 0 bridgehead atoms. The predicted octanol–water partition coefficient (Wildman–Crippen LogP) is 2.59. The molecule has 3 rings (SSSR count). The van der Waals surface area contributed by atoms with Crippen molar-refractivity contribution in [3.63, 3.8) is 0 Å². The zero-order valence-corrected chi connectivity index (χ0v) is 12.5. The highest BCUT2D eigenvalue weighted by molar-refractivity contribution is 5.82. The summed E-state index contributed by atoms with van der Waals surface area (Å²) in [7, 11) is 2.18. The van der Waals surface area contributed by atoms with Crippen LogP contribution < -0.4 is 4.74 Å². The number of hydrogen-bond acceptors (Lipinski definition) is 4. The Morgan fingerprint density at radius 1 is 1.38 bits per heavy atom. The van der Waals surface area contributed by atoms with E-state index >= 15 is 0 Å². The van der Waals surface area contributed by atoms with E-state index in [1.807, 2.05) is 30.3 Å². The van der Waals surface area contributed by atoms with Gasteiger partial charge in [0.1, 0.15) is 0 Å². The van der Waals surface area contributed by atoms with Crippen LogP contribution in [0.25, 0.3) is 10.9 Å². The Hall–Kier alpha value is -1.65. The molecule has 21 heavy (non-hydrogen) atoms. The highest BCUT2D eigenvalue weighted by Crippen LogP contribution is 2.23. The van der Waals surface area contributed by atoms with Gasteiger partial charge in [-0.05, 0) is 44.5 Å². The number of hydrogen-bond donors (Lipinski definition) is 1. The van der Waals surface area contributed by atoms with Crippen LogP contribution in [0.5, 0.6) is 5.88 Å². The van der Waals surface area contributed by atoms with E-state index < -0.39 is 0 Å². The summed E-state index contributed by atoms with van der Waals surface area (Å²) in [6.07, 6.45) is 3.57. The highest BCUT2D eigenvalue weighted by Gasteiger charge is 2.20. The van der Waals surface area contributed by atoms with E-state index in [1.54, 1.807) is 0 Å². The molecule has 0 saturated carbocycles. The molecule has 1 aromatic carbocycles. The molecule has 4 nitrogen and oxygen atoms in total. The first kappa shape index (κ1) is 14.3. The van der Waals surface area contributed by atoms with Gasteiger partial charge < -0.3 is 14.7 Å². The number of pyridine rings is 1. The quantitative estimate of drug-likeness (QED) is 0.917. The Morgan fingerprint density at radius 2 is 2.24 bits per heavy atom. The van der Waals surface area contributed by atoms with Crippen molar-refractivity contribution in [2.75, 3.05) is 20.2 Å². The Balaban J connectivity index is 1.69. The Labute approximate surface area is 125 Å². The molecule has 0 radical (unpaired) electrons. The van der Waals surface area contributed by atoms with Crippen LogP contribution in [0, 0.1) is 0 Å². The van der Waals surface area contributed by atoms with Gasteiger partial charge in [-0.3, -0.25) is 0 Å². The number of ether oxygens (including phenoxy) is 1. The molecule has 1 aromatic heterocycles. The number of rotatable bonds is 5. The number of aromatic nitrogens is 1. The summed E-state index contributed by atoms with van der Waals surface area (Å²) in [5.41, 5.74) is 1.74. The minimum absolute atomic E-state index is 0.00472. The van der Waals surface area contributed by atoms with Gasteiger partial charge in [0.05, 0.1) is 18.7 Å². The van der Waals surface area contributed by atoms with E-state index in [0.29, 0.717) is 18.5 Å². The van der Waals surface area contributed by atoms with Crippen molar-refractivity contribution < 1.29 is 9.84 Å². The molecule has 2 heterocycles. The summed E-state index contributed by atoms with van der Waals surface area (Å²) in [5.74, 6) is 0.610. The van der Waals surface area contributed by atoms with Crippen LogP contribution in [-0.4, -0.2) is 41.2 Å². The summed E-state index contributed by atoms with van der Waals surface area (Å²) in [4.78, 5) is 6.92. The van der Waals surface area contributed by atoms with E-state index in [-0.39, 0.29) is 6.61 Å². The molecule has 112 valence electrons. The van der Waals surface area contributed by atoms with Gasteiger partial charge >= 0.3 is 0 Å². The zero-order valence-electron chi connectivity index (χ0n) is 12.5. The van der Waals surface area contributed by atoms with Gasteiger partial charge in [0.25, 0.3) is 0 Å². The Bertz CT molecular complexity index is 615. The molecule has 1 N–H and O–H groups in total. The number of benzene rings is 1. The third-order valence-electron chi connectivity index (χ3n) is 4.32. The topological polar surface area (TPSA) is 45.6 Å². The van der Waals surface area contributed by atoms with Crippen molar-refractivity contribution >= 4 is 10.9 Å². The smallest absolute Gasteiger partial charge is 0.214 e. The maximum atomic E-state index is 9.50. The van der Waals surface area contributed by atoms with Crippen LogP contribution in [0.2, 0.25) is 0 Å². The molecule has 0 amide bonds. The van der Waals surface area contributed by atoms with Crippen molar-refractivity contribution in [3.05, 3.63) is 35.9 Å². The van der Waals surface area contributed by atoms with Crippen molar-refractivity contribution in [2.45, 2.75) is 31.9 Å². The Kier molecular flexibility index (Phi) is 4.36. The van der Waals surface area contributed by atoms with Gasteiger partial charge in [0, 0.05) is 17.5 Å². The average molecular weight is 286 g/mol. The number of aliphatic hydroxyl groups is 1. The predicted molar refractivity (Wildman–Crippen MR) is 83.4 cm³/mol. The van der Waals surface area contributed by atoms with E-state index in [9.17, 15) is 5.11 Å². The Morgan fingerprint density at radius 3 is 3.00 bits per heavy atom. The molecule has 1 fully saturated rings. The van der Waals surface area contributed by atoms with Gasteiger partial charge in [-0.1, -0.05) is 18.2 Å². The average Bonchev–Trinajstić information content (AvgIpc) is 2.92. The molecule has 1 atom stereocenters. The molecular formula is C17H22N2O2. The van der Waals surface area contributed by atoms with Crippen molar-refractivity contribution in [1.82, 2.24) is 9.88 Å². The van der Waals surface area contributed by atoms with Gasteiger partial charge in [0.15, 0.2) is 0 Å². The SMILES string of the molecule is CN1CCCC1CCOc1cc(CO)c2ccccc2n1. The standard InChI is InChI=1S/C17H22N2O2/c1-19-9-4-5-14(19)8-10-21-17-11-13(12-20)15-6-2-3-7-16(15)18-17/h2-3,6-7,11,14,20H,4-5,8-10,12H2,1H3. The third kappa shape index (κ3) is 3.17. The summed E-state index contributed by atoms with van der Waals surface area (Å²) < 4.78 is 5.82. The number of fused-ring (bicyclic) bond motifs is 1. The molecule has 1 aliphatic rings. The lowest BCUT2D eigenvalue weighted by Gasteiger charge is -2.19. The molecule has 1 unspecified atom stereocenters. The minimum atomic E-state index is 0.00472. The summed E-state index contributed by atoms with van der Waals surface area (Å²) >= 11 is 0. The van der Waals surface area contributed by atoms with Crippen LogP contribution in [0.1, 0.15) is 24.8 Å². The number of likely N-dealkylation sites (tertiary alicyclic amines) is 1. The van der Waals surface area contributed by atoms with Gasteiger partial charge in [0.2, 0.25) is 5.88 Å². The van der Waals surface area contributed by atoms with E-state index in [4.69, 9.17) is 4.74 Å². The molecule has 2 aromatic rings. The van der Waals surface area contributed by atoms with Gasteiger partial charge in [-0.15, -0.1) is 0 Å². The van der Waals surface area contributed by atoms with E-state index in [0.717, 1.165) is 22.9 Å². The largest absolute Gasteiger partial charge is 0.478 e. The molecule has 1 aliphatic heterocycles. The first-order valence-corrected chi connectivity index (χ1v) is 7.60. The second-order valence-corrected chi connectivity index (χ2v) is 5.71. The van der Waals surface area contributed by atoms with Crippen LogP contribution in [0.15, 0.2) is 30.3 Å². The number of nitrogens with zero attached hydrogens (tertiary/aromatic N) is 2. The van der Waals surface area contributed by atoms with Crippen LogP contribution >= 0.6 is 0 Å². The van der Waals surface area contributed by atoms with Crippen LogP contribution in [-0.2, 0) is 6.61 Å². The zero-order chi connectivity index (χ0) is 14.7. The fourth-order valence-corrected chi connectivity index (χ4v) is 3.07. The lowest BCUT2D eigenvalue weighted by Crippen LogP contribution is -2.26. The van der Waals surface area contributed by atoms with Crippen molar-refractivity contribution in [3.8, 4) is 5.88 Å². The highest BCUT2D eigenvalue weighted by atomic mass is 16.5. The first-order chi connectivity index (χ1) is 10.3. The van der Waals surface area contributed by atoms with E-state index in [2.05, 4.69) is 16.9 Å². The lowest BCUT2D eigenvalue weighted by molar-refractivity contribution is 0.228. The minimum Gasteiger partial charge on any atom is -0.478 e. The van der Waals surface area contributed by atoms with Crippen LogP contribution in [0.3, 0.4) is 0 Å².